The van der Waals surface area contributed by atoms with Crippen LogP contribution < -0.4 is 15.4 Å². The van der Waals surface area contributed by atoms with Gasteiger partial charge in [-0.25, -0.2) is 4.98 Å². The molecule has 0 spiro atoms. The molecule has 0 bridgehead atoms. The van der Waals surface area contributed by atoms with Crippen molar-refractivity contribution >= 4 is 40.0 Å². The van der Waals surface area contributed by atoms with Gasteiger partial charge in [0.1, 0.15) is 11.3 Å². The number of carbonyl (C=O) groups excluding carboxylic acids is 1. The first-order chi connectivity index (χ1) is 15.5. The molecule has 32 heavy (non-hydrogen) atoms. The zero-order valence-electron chi connectivity index (χ0n) is 17.8. The summed E-state index contributed by atoms with van der Waals surface area (Å²) in [6.45, 7) is 2.12. The summed E-state index contributed by atoms with van der Waals surface area (Å²) >= 11 is 5.26. The average molecular weight is 446 g/mol. The van der Waals surface area contributed by atoms with E-state index in [2.05, 4.69) is 34.7 Å². The summed E-state index contributed by atoms with van der Waals surface area (Å²) in [6, 6.07) is 20.7. The second-order valence-corrected chi connectivity index (χ2v) is 7.68. The topological polar surface area (TPSA) is 76.4 Å². The normalized spacial score (nSPS) is 10.7. The van der Waals surface area contributed by atoms with Gasteiger partial charge in [-0.2, -0.15) is 0 Å². The number of benzene rings is 3. The fraction of sp³-hybridized carbons (Fsp3) is 0.160. The van der Waals surface area contributed by atoms with E-state index in [0.717, 1.165) is 28.8 Å². The van der Waals surface area contributed by atoms with Gasteiger partial charge in [-0.1, -0.05) is 25.1 Å². The van der Waals surface area contributed by atoms with E-state index < -0.39 is 0 Å². The fourth-order valence-electron chi connectivity index (χ4n) is 3.28. The Kier molecular flexibility index (Phi) is 6.47. The van der Waals surface area contributed by atoms with Crippen LogP contribution in [0, 0.1) is 0 Å². The Bertz CT molecular complexity index is 1250. The van der Waals surface area contributed by atoms with Crippen LogP contribution in [-0.4, -0.2) is 23.1 Å². The summed E-state index contributed by atoms with van der Waals surface area (Å²) in [5.74, 6) is 1.08. The molecule has 7 heteroatoms. The van der Waals surface area contributed by atoms with Gasteiger partial charge in [0.25, 0.3) is 5.91 Å². The third-order valence-electron chi connectivity index (χ3n) is 5.05. The predicted octanol–water partition coefficient (Wildman–Crippen LogP) is 5.12. The number of anilines is 1. The van der Waals surface area contributed by atoms with Gasteiger partial charge < -0.3 is 14.5 Å². The van der Waals surface area contributed by atoms with Crippen LogP contribution in [0.3, 0.4) is 0 Å². The molecule has 1 heterocycles. The predicted molar refractivity (Wildman–Crippen MR) is 129 cm³/mol. The lowest BCUT2D eigenvalue weighted by Crippen LogP contribution is -2.34. The van der Waals surface area contributed by atoms with E-state index in [1.165, 1.54) is 5.56 Å². The van der Waals surface area contributed by atoms with Crippen molar-refractivity contribution < 1.29 is 13.9 Å². The molecule has 0 radical (unpaired) electrons. The number of aryl methyl sites for hydroxylation is 1. The molecule has 1 amide bonds. The molecule has 4 aromatic rings. The van der Waals surface area contributed by atoms with Crippen LogP contribution in [0.1, 0.15) is 34.3 Å². The van der Waals surface area contributed by atoms with Crippen LogP contribution in [0.5, 0.6) is 5.75 Å². The molecule has 162 valence electrons. The molecular formula is C25H23N3O3S. The van der Waals surface area contributed by atoms with Crippen LogP contribution in [0.15, 0.2) is 71.1 Å². The van der Waals surface area contributed by atoms with E-state index in [4.69, 9.17) is 21.4 Å². The molecular weight excluding hydrogens is 422 g/mol. The highest BCUT2D eigenvalue weighted by atomic mass is 32.1. The Labute approximate surface area is 191 Å². The first kappa shape index (κ1) is 21.5. The number of methoxy groups -OCH3 is 1. The lowest BCUT2D eigenvalue weighted by Gasteiger charge is -2.10. The quantitative estimate of drug-likeness (QED) is 0.402. The number of thiocarbonyl (C=S) groups is 1. The fourth-order valence-corrected chi connectivity index (χ4v) is 3.49. The lowest BCUT2D eigenvalue weighted by molar-refractivity contribution is 0.0977. The van der Waals surface area contributed by atoms with E-state index in [1.807, 2.05) is 30.3 Å². The molecule has 0 fully saturated rings. The van der Waals surface area contributed by atoms with Gasteiger partial charge in [-0.3, -0.25) is 10.1 Å². The van der Waals surface area contributed by atoms with Crippen LogP contribution in [0.4, 0.5) is 5.69 Å². The minimum atomic E-state index is -0.288. The number of aromatic nitrogens is 1. The largest absolute Gasteiger partial charge is 0.497 e. The Hall–Kier alpha value is -3.71. The van der Waals surface area contributed by atoms with Gasteiger partial charge in [0.05, 0.1) is 7.11 Å². The van der Waals surface area contributed by atoms with Crippen molar-refractivity contribution in [3.63, 3.8) is 0 Å². The molecule has 1 aromatic heterocycles. The number of rotatable bonds is 6. The molecule has 0 saturated heterocycles. The number of carbonyl (C=O) groups is 1. The highest BCUT2D eigenvalue weighted by Gasteiger charge is 2.10. The van der Waals surface area contributed by atoms with Crippen LogP contribution in [0.2, 0.25) is 0 Å². The molecule has 0 aliphatic carbocycles. The Morgan fingerprint density at radius 1 is 1.03 bits per heavy atom. The average Bonchev–Trinajstić information content (AvgIpc) is 3.21. The number of oxazole rings is 1. The van der Waals surface area contributed by atoms with Crippen LogP contribution >= 0.6 is 12.2 Å². The molecule has 0 saturated carbocycles. The highest BCUT2D eigenvalue weighted by molar-refractivity contribution is 7.80. The first-order valence-electron chi connectivity index (χ1n) is 10.3. The summed E-state index contributed by atoms with van der Waals surface area (Å²) in [7, 11) is 1.58. The van der Waals surface area contributed by atoms with E-state index in [0.29, 0.717) is 23.6 Å². The Morgan fingerprint density at radius 2 is 1.75 bits per heavy atom. The highest BCUT2D eigenvalue weighted by Crippen LogP contribution is 2.20. The summed E-state index contributed by atoms with van der Waals surface area (Å²) in [6.07, 6.45) is 1.56. The van der Waals surface area contributed by atoms with Crippen molar-refractivity contribution in [1.29, 1.82) is 0 Å². The van der Waals surface area contributed by atoms with E-state index >= 15 is 0 Å². The molecule has 4 rings (SSSR count). The van der Waals surface area contributed by atoms with Gasteiger partial charge in [-0.15, -0.1) is 0 Å². The third kappa shape index (κ3) is 5.12. The molecule has 0 aliphatic rings. The second-order valence-electron chi connectivity index (χ2n) is 7.27. The number of fused-ring (bicyclic) bond motifs is 1. The minimum absolute atomic E-state index is 0.226. The van der Waals surface area contributed by atoms with Gasteiger partial charge in [0, 0.05) is 17.7 Å². The Morgan fingerprint density at radius 3 is 2.44 bits per heavy atom. The summed E-state index contributed by atoms with van der Waals surface area (Å²) in [5.41, 5.74) is 5.26. The van der Waals surface area contributed by atoms with Crippen molar-refractivity contribution in [1.82, 2.24) is 10.3 Å². The lowest BCUT2D eigenvalue weighted by atomic mass is 10.1. The number of hydrogen-bond acceptors (Lipinski definition) is 5. The standard InChI is InChI=1S/C25H23N3O3S/c1-3-16-6-13-22-21(14-16)27-23(31-22)15-17-4-9-19(10-5-17)26-25(32)28-24(29)18-7-11-20(30-2)12-8-18/h4-14H,3,15H2,1-2H3,(H2,26,28,29,32). The molecule has 0 aliphatic heterocycles. The van der Waals surface area contributed by atoms with Crippen molar-refractivity contribution in [3.05, 3.63) is 89.3 Å². The second kappa shape index (κ2) is 9.62. The number of amides is 1. The maximum atomic E-state index is 12.3. The third-order valence-corrected chi connectivity index (χ3v) is 5.26. The van der Waals surface area contributed by atoms with Crippen molar-refractivity contribution in [3.8, 4) is 5.75 Å². The molecule has 0 atom stereocenters. The molecule has 3 aromatic carbocycles. The van der Waals surface area contributed by atoms with Crippen molar-refractivity contribution in [2.75, 3.05) is 12.4 Å². The van der Waals surface area contributed by atoms with Crippen LogP contribution in [-0.2, 0) is 12.8 Å². The van der Waals surface area contributed by atoms with E-state index in [-0.39, 0.29) is 11.0 Å². The smallest absolute Gasteiger partial charge is 0.257 e. The molecule has 0 unspecified atom stereocenters. The summed E-state index contributed by atoms with van der Waals surface area (Å²) < 4.78 is 11.0. The monoisotopic (exact) mass is 445 g/mol. The number of nitrogens with one attached hydrogen (secondary N) is 2. The van der Waals surface area contributed by atoms with E-state index in [9.17, 15) is 4.79 Å². The minimum Gasteiger partial charge on any atom is -0.497 e. The maximum Gasteiger partial charge on any atom is 0.257 e. The van der Waals surface area contributed by atoms with Crippen molar-refractivity contribution in [2.45, 2.75) is 19.8 Å². The molecule has 6 nitrogen and oxygen atoms in total. The molecule has 2 N–H and O–H groups in total. The SMILES string of the molecule is CCc1ccc2oc(Cc3ccc(NC(=S)NC(=O)c4ccc(OC)cc4)cc3)nc2c1. The number of ether oxygens (including phenoxy) is 1. The zero-order chi connectivity index (χ0) is 22.5. The summed E-state index contributed by atoms with van der Waals surface area (Å²) in [5, 5.41) is 5.93. The zero-order valence-corrected chi connectivity index (χ0v) is 18.7. The Balaban J connectivity index is 1.34. The van der Waals surface area contributed by atoms with Gasteiger partial charge >= 0.3 is 0 Å². The van der Waals surface area contributed by atoms with E-state index in [1.54, 1.807) is 31.4 Å². The number of nitrogens with zero attached hydrogens (tertiary/aromatic N) is 1. The van der Waals surface area contributed by atoms with Crippen LogP contribution in [0.25, 0.3) is 11.1 Å². The van der Waals surface area contributed by atoms with Gasteiger partial charge in [0.15, 0.2) is 16.6 Å². The van der Waals surface area contributed by atoms with Gasteiger partial charge in [0.2, 0.25) is 0 Å². The maximum absolute atomic E-state index is 12.3. The first-order valence-corrected chi connectivity index (χ1v) is 10.7. The van der Waals surface area contributed by atoms with Crippen molar-refractivity contribution in [2.24, 2.45) is 0 Å². The summed E-state index contributed by atoms with van der Waals surface area (Å²) in [4.78, 5) is 16.9. The van der Waals surface area contributed by atoms with Gasteiger partial charge in [-0.05, 0) is 78.3 Å². The number of hydrogen-bond donors (Lipinski definition) is 2.